The predicted octanol–water partition coefficient (Wildman–Crippen LogP) is 1.98. The van der Waals surface area contributed by atoms with Crippen LogP contribution < -0.4 is 21.7 Å². The molecule has 2 aliphatic rings. The van der Waals surface area contributed by atoms with Crippen molar-refractivity contribution in [1.29, 1.82) is 0 Å². The van der Waals surface area contributed by atoms with Gasteiger partial charge in [-0.05, 0) is 25.7 Å². The standard InChI is InChI=1S/C19H35N7O2/c20-9-11-27-13-14-28-12-10-21-17-24-18(22-15-5-3-1-2-4-6-15)26-19(25-17)23-16-7-8-16/h15-16H,1-14,20H2,(H3,21,22,23,24,25,26). The zero-order valence-corrected chi connectivity index (χ0v) is 16.8. The Balaban J connectivity index is 1.47. The Morgan fingerprint density at radius 2 is 1.29 bits per heavy atom. The minimum atomic E-state index is 0.448. The highest BCUT2D eigenvalue weighted by atomic mass is 16.5. The Bertz CT molecular complexity index is 563. The van der Waals surface area contributed by atoms with Crippen molar-refractivity contribution in [2.45, 2.75) is 63.5 Å². The summed E-state index contributed by atoms with van der Waals surface area (Å²) in [5.41, 5.74) is 5.38. The van der Waals surface area contributed by atoms with Gasteiger partial charge in [0.1, 0.15) is 0 Å². The zero-order chi connectivity index (χ0) is 19.4. The van der Waals surface area contributed by atoms with E-state index in [-0.39, 0.29) is 0 Å². The lowest BCUT2D eigenvalue weighted by molar-refractivity contribution is 0.0547. The normalized spacial score (nSPS) is 17.9. The summed E-state index contributed by atoms with van der Waals surface area (Å²) in [6.45, 7) is 3.42. The number of ether oxygens (including phenoxy) is 2. The van der Waals surface area contributed by atoms with E-state index in [0.29, 0.717) is 69.4 Å². The van der Waals surface area contributed by atoms with Crippen LogP contribution in [-0.4, -0.2) is 66.6 Å². The van der Waals surface area contributed by atoms with Crippen molar-refractivity contribution in [1.82, 2.24) is 15.0 Å². The lowest BCUT2D eigenvalue weighted by Crippen LogP contribution is -2.22. The fraction of sp³-hybridized carbons (Fsp3) is 0.842. The molecule has 28 heavy (non-hydrogen) atoms. The van der Waals surface area contributed by atoms with Crippen LogP contribution in [0.2, 0.25) is 0 Å². The average Bonchev–Trinajstić information content (AvgIpc) is 3.52. The lowest BCUT2D eigenvalue weighted by Gasteiger charge is -2.17. The van der Waals surface area contributed by atoms with Crippen molar-refractivity contribution in [3.63, 3.8) is 0 Å². The maximum atomic E-state index is 5.54. The molecule has 0 radical (unpaired) electrons. The monoisotopic (exact) mass is 393 g/mol. The molecule has 1 heterocycles. The van der Waals surface area contributed by atoms with Crippen LogP contribution in [0.3, 0.4) is 0 Å². The molecule has 2 saturated carbocycles. The van der Waals surface area contributed by atoms with Gasteiger partial charge in [-0.3, -0.25) is 0 Å². The van der Waals surface area contributed by atoms with Crippen LogP contribution in [0.5, 0.6) is 0 Å². The van der Waals surface area contributed by atoms with E-state index in [4.69, 9.17) is 15.2 Å². The first-order valence-electron chi connectivity index (χ1n) is 10.7. The van der Waals surface area contributed by atoms with Crippen molar-refractivity contribution >= 4 is 17.8 Å². The largest absolute Gasteiger partial charge is 0.378 e. The average molecular weight is 394 g/mol. The quantitative estimate of drug-likeness (QED) is 0.294. The molecule has 0 atom stereocenters. The predicted molar refractivity (Wildman–Crippen MR) is 111 cm³/mol. The van der Waals surface area contributed by atoms with Gasteiger partial charge in [0.15, 0.2) is 0 Å². The minimum absolute atomic E-state index is 0.448. The Morgan fingerprint density at radius 1 is 0.714 bits per heavy atom. The van der Waals surface area contributed by atoms with Crippen molar-refractivity contribution in [3.8, 4) is 0 Å². The summed E-state index contributed by atoms with van der Waals surface area (Å²) in [6.07, 6.45) is 9.92. The van der Waals surface area contributed by atoms with Crippen LogP contribution >= 0.6 is 0 Å². The summed E-state index contributed by atoms with van der Waals surface area (Å²) in [5.74, 6) is 1.88. The number of nitrogens with two attached hydrogens (primary N) is 1. The fourth-order valence-electron chi connectivity index (χ4n) is 3.24. The van der Waals surface area contributed by atoms with Gasteiger partial charge < -0.3 is 31.2 Å². The maximum absolute atomic E-state index is 5.54. The van der Waals surface area contributed by atoms with Gasteiger partial charge in [0.05, 0.1) is 26.4 Å². The molecule has 0 bridgehead atoms. The minimum Gasteiger partial charge on any atom is -0.378 e. The Hall–Kier alpha value is -1.71. The van der Waals surface area contributed by atoms with Gasteiger partial charge in [-0.25, -0.2) is 0 Å². The summed E-state index contributed by atoms with van der Waals surface area (Å²) in [5, 5.41) is 10.1. The van der Waals surface area contributed by atoms with E-state index in [0.717, 1.165) is 0 Å². The van der Waals surface area contributed by atoms with Crippen LogP contribution in [0.1, 0.15) is 51.4 Å². The lowest BCUT2D eigenvalue weighted by atomic mass is 10.1. The molecule has 9 nitrogen and oxygen atoms in total. The van der Waals surface area contributed by atoms with Crippen LogP contribution in [0.4, 0.5) is 17.8 Å². The van der Waals surface area contributed by atoms with Crippen LogP contribution in [0, 0.1) is 0 Å². The van der Waals surface area contributed by atoms with Crippen molar-refractivity contribution < 1.29 is 9.47 Å². The van der Waals surface area contributed by atoms with Crippen LogP contribution in [-0.2, 0) is 9.47 Å². The van der Waals surface area contributed by atoms with Crippen LogP contribution in [0.25, 0.3) is 0 Å². The summed E-state index contributed by atoms with van der Waals surface area (Å²) in [6, 6.07) is 0.946. The van der Waals surface area contributed by atoms with E-state index in [1.165, 1.54) is 51.4 Å². The van der Waals surface area contributed by atoms with Gasteiger partial charge >= 0.3 is 0 Å². The number of nitrogens with one attached hydrogen (secondary N) is 3. The zero-order valence-electron chi connectivity index (χ0n) is 16.8. The molecule has 3 rings (SSSR count). The van der Waals surface area contributed by atoms with Crippen molar-refractivity contribution in [2.75, 3.05) is 55.5 Å². The maximum Gasteiger partial charge on any atom is 0.229 e. The Kier molecular flexibility index (Phi) is 8.99. The van der Waals surface area contributed by atoms with Gasteiger partial charge in [0.25, 0.3) is 0 Å². The van der Waals surface area contributed by atoms with Crippen LogP contribution in [0.15, 0.2) is 0 Å². The molecule has 9 heteroatoms. The molecular formula is C19H35N7O2. The molecule has 2 aliphatic carbocycles. The molecule has 5 N–H and O–H groups in total. The van der Waals surface area contributed by atoms with E-state index in [1.54, 1.807) is 0 Å². The van der Waals surface area contributed by atoms with Crippen molar-refractivity contribution in [3.05, 3.63) is 0 Å². The summed E-state index contributed by atoms with van der Waals surface area (Å²) < 4.78 is 10.8. The first-order chi connectivity index (χ1) is 13.8. The van der Waals surface area contributed by atoms with E-state index in [9.17, 15) is 0 Å². The molecular weight excluding hydrogens is 358 g/mol. The first kappa shape index (κ1) is 21.0. The number of nitrogens with zero attached hydrogens (tertiary/aromatic N) is 3. The topological polar surface area (TPSA) is 119 Å². The van der Waals surface area contributed by atoms with Crippen molar-refractivity contribution in [2.24, 2.45) is 5.73 Å². The molecule has 0 aliphatic heterocycles. The molecule has 1 aromatic heterocycles. The van der Waals surface area contributed by atoms with Gasteiger partial charge in [0, 0.05) is 25.2 Å². The van der Waals surface area contributed by atoms with Gasteiger partial charge in [-0.1, -0.05) is 25.7 Å². The van der Waals surface area contributed by atoms with E-state index < -0.39 is 0 Å². The molecule has 0 amide bonds. The van der Waals surface area contributed by atoms with E-state index in [1.807, 2.05) is 0 Å². The number of hydrogen-bond acceptors (Lipinski definition) is 9. The second kappa shape index (κ2) is 12.0. The highest BCUT2D eigenvalue weighted by molar-refractivity contribution is 5.43. The third kappa shape index (κ3) is 8.12. The highest BCUT2D eigenvalue weighted by Gasteiger charge is 2.23. The molecule has 0 spiro atoms. The summed E-state index contributed by atoms with van der Waals surface area (Å²) in [7, 11) is 0. The number of hydrogen-bond donors (Lipinski definition) is 4. The Labute approximate surface area is 167 Å². The highest BCUT2D eigenvalue weighted by Crippen LogP contribution is 2.24. The van der Waals surface area contributed by atoms with Gasteiger partial charge in [0.2, 0.25) is 17.8 Å². The van der Waals surface area contributed by atoms with E-state index >= 15 is 0 Å². The number of anilines is 3. The molecule has 0 aromatic carbocycles. The molecule has 1 aromatic rings. The smallest absolute Gasteiger partial charge is 0.229 e. The SMILES string of the molecule is NCCOCCOCCNc1nc(NC2CCCCCC2)nc(NC2CC2)n1. The summed E-state index contributed by atoms with van der Waals surface area (Å²) in [4.78, 5) is 13.7. The fourth-order valence-corrected chi connectivity index (χ4v) is 3.24. The number of aromatic nitrogens is 3. The van der Waals surface area contributed by atoms with E-state index in [2.05, 4.69) is 30.9 Å². The molecule has 158 valence electrons. The Morgan fingerprint density at radius 3 is 1.89 bits per heavy atom. The summed E-state index contributed by atoms with van der Waals surface area (Å²) >= 11 is 0. The van der Waals surface area contributed by atoms with Gasteiger partial charge in [-0.15, -0.1) is 0 Å². The number of rotatable bonds is 13. The molecule has 0 unspecified atom stereocenters. The second-order valence-corrected chi connectivity index (χ2v) is 7.50. The first-order valence-corrected chi connectivity index (χ1v) is 10.7. The third-order valence-electron chi connectivity index (χ3n) is 4.90. The second-order valence-electron chi connectivity index (χ2n) is 7.50. The molecule has 0 saturated heterocycles. The molecule has 2 fully saturated rings. The van der Waals surface area contributed by atoms with Gasteiger partial charge in [-0.2, -0.15) is 15.0 Å². The third-order valence-corrected chi connectivity index (χ3v) is 4.90.